The maximum atomic E-state index is 13.6. The molecule has 3 nitrogen and oxygen atoms in total. The molecule has 3 N–H and O–H groups in total. The summed E-state index contributed by atoms with van der Waals surface area (Å²) in [5.41, 5.74) is 6.42. The number of nitrogens with two attached hydrogens (primary N) is 1. The lowest BCUT2D eigenvalue weighted by atomic mass is 9.91. The Hall–Kier alpha value is -1.29. The molecule has 1 aromatic carbocycles. The molecule has 2 unspecified atom stereocenters. The van der Waals surface area contributed by atoms with Crippen molar-refractivity contribution >= 4 is 5.69 Å². The Morgan fingerprint density at radius 1 is 1.41 bits per heavy atom. The summed E-state index contributed by atoms with van der Waals surface area (Å²) >= 11 is 0. The van der Waals surface area contributed by atoms with Crippen LogP contribution in [-0.4, -0.2) is 19.2 Å². The summed E-state index contributed by atoms with van der Waals surface area (Å²) in [5, 5.41) is 3.22. The van der Waals surface area contributed by atoms with Crippen LogP contribution in [0.5, 0.6) is 5.75 Å². The highest BCUT2D eigenvalue weighted by molar-refractivity contribution is 5.50. The molecule has 0 aromatic heterocycles. The van der Waals surface area contributed by atoms with Gasteiger partial charge < -0.3 is 15.8 Å². The van der Waals surface area contributed by atoms with Crippen molar-refractivity contribution in [2.45, 2.75) is 37.8 Å². The number of methoxy groups -OCH3 is 1. The molecule has 0 saturated heterocycles. The van der Waals surface area contributed by atoms with Gasteiger partial charge in [-0.05, 0) is 37.8 Å². The Morgan fingerprint density at radius 2 is 2.24 bits per heavy atom. The molecule has 17 heavy (non-hydrogen) atoms. The van der Waals surface area contributed by atoms with Gasteiger partial charge in [0, 0.05) is 18.2 Å². The fourth-order valence-corrected chi connectivity index (χ4v) is 2.32. The summed E-state index contributed by atoms with van der Waals surface area (Å²) in [6, 6.07) is 5.22. The largest absolute Gasteiger partial charge is 0.497 e. The third-order valence-electron chi connectivity index (χ3n) is 3.25. The molecule has 0 bridgehead atoms. The van der Waals surface area contributed by atoms with Crippen LogP contribution in [0.3, 0.4) is 0 Å². The second-order valence-electron chi connectivity index (χ2n) is 4.61. The van der Waals surface area contributed by atoms with E-state index in [1.54, 1.807) is 19.2 Å². The maximum Gasteiger partial charge on any atom is 0.146 e. The van der Waals surface area contributed by atoms with Crippen molar-refractivity contribution < 1.29 is 9.13 Å². The fraction of sp³-hybridized carbons (Fsp3) is 0.538. The number of halogens is 1. The molecule has 94 valence electrons. The monoisotopic (exact) mass is 238 g/mol. The van der Waals surface area contributed by atoms with Gasteiger partial charge in [-0.1, -0.05) is 0 Å². The fourth-order valence-electron chi connectivity index (χ4n) is 2.32. The summed E-state index contributed by atoms with van der Waals surface area (Å²) in [7, 11) is 1.58. The smallest absolute Gasteiger partial charge is 0.146 e. The Morgan fingerprint density at radius 3 is 2.94 bits per heavy atom. The molecule has 1 aromatic rings. The first-order valence-electron chi connectivity index (χ1n) is 6.04. The molecule has 0 heterocycles. The average molecular weight is 238 g/mol. The first kappa shape index (κ1) is 12.2. The van der Waals surface area contributed by atoms with Crippen molar-refractivity contribution in [3.63, 3.8) is 0 Å². The van der Waals surface area contributed by atoms with Crippen molar-refractivity contribution in [3.05, 3.63) is 24.0 Å². The molecule has 0 radical (unpaired) electrons. The van der Waals surface area contributed by atoms with Gasteiger partial charge in [0.05, 0.1) is 12.8 Å². The Kier molecular flexibility index (Phi) is 3.84. The number of ether oxygens (including phenoxy) is 1. The van der Waals surface area contributed by atoms with Crippen LogP contribution < -0.4 is 15.8 Å². The van der Waals surface area contributed by atoms with Gasteiger partial charge >= 0.3 is 0 Å². The third kappa shape index (κ3) is 3.09. The van der Waals surface area contributed by atoms with E-state index in [2.05, 4.69) is 5.32 Å². The Bertz CT molecular complexity index is 384. The predicted octanol–water partition coefficient (Wildman–Crippen LogP) is 2.52. The van der Waals surface area contributed by atoms with E-state index < -0.39 is 0 Å². The van der Waals surface area contributed by atoms with E-state index in [0.717, 1.165) is 25.7 Å². The number of hydrogen-bond acceptors (Lipinski definition) is 3. The van der Waals surface area contributed by atoms with Gasteiger partial charge in [-0.2, -0.15) is 0 Å². The number of anilines is 1. The normalized spacial score (nSPS) is 24.4. The lowest BCUT2D eigenvalue weighted by molar-refractivity contribution is 0.405. The summed E-state index contributed by atoms with van der Waals surface area (Å²) in [6.07, 6.45) is 4.12. The summed E-state index contributed by atoms with van der Waals surface area (Å²) < 4.78 is 18.7. The first-order valence-corrected chi connectivity index (χ1v) is 6.04. The molecule has 4 heteroatoms. The van der Waals surface area contributed by atoms with Crippen LogP contribution in [0.25, 0.3) is 0 Å². The molecular weight excluding hydrogens is 219 g/mol. The van der Waals surface area contributed by atoms with Gasteiger partial charge in [0.2, 0.25) is 0 Å². The van der Waals surface area contributed by atoms with E-state index in [-0.39, 0.29) is 17.9 Å². The van der Waals surface area contributed by atoms with E-state index in [1.165, 1.54) is 6.07 Å². The van der Waals surface area contributed by atoms with Gasteiger partial charge in [0.15, 0.2) is 0 Å². The second kappa shape index (κ2) is 5.36. The molecule has 2 rings (SSSR count). The SMILES string of the molecule is COc1ccc(F)c(NC2CCCC(N)C2)c1. The van der Waals surface area contributed by atoms with Crippen molar-refractivity contribution in [2.24, 2.45) is 5.73 Å². The molecule has 1 saturated carbocycles. The van der Waals surface area contributed by atoms with Gasteiger partial charge in [0.1, 0.15) is 11.6 Å². The average Bonchev–Trinajstić information content (AvgIpc) is 2.32. The minimum Gasteiger partial charge on any atom is -0.497 e. The predicted molar refractivity (Wildman–Crippen MR) is 66.8 cm³/mol. The maximum absolute atomic E-state index is 13.6. The van der Waals surface area contributed by atoms with Gasteiger partial charge in [-0.3, -0.25) is 0 Å². The highest BCUT2D eigenvalue weighted by atomic mass is 19.1. The molecule has 2 atom stereocenters. The standard InChI is InChI=1S/C13H19FN2O/c1-17-11-5-6-12(14)13(8-11)16-10-4-2-3-9(15)7-10/h5-6,8-10,16H,2-4,7,15H2,1H3. The zero-order chi connectivity index (χ0) is 12.3. The number of nitrogens with one attached hydrogen (secondary N) is 1. The van der Waals surface area contributed by atoms with Crippen LogP contribution in [0.4, 0.5) is 10.1 Å². The van der Waals surface area contributed by atoms with Crippen molar-refractivity contribution in [2.75, 3.05) is 12.4 Å². The third-order valence-corrected chi connectivity index (χ3v) is 3.25. The molecule has 1 aliphatic rings. The van der Waals surface area contributed by atoms with Crippen LogP contribution in [0.1, 0.15) is 25.7 Å². The van der Waals surface area contributed by atoms with Gasteiger partial charge in [-0.15, -0.1) is 0 Å². The van der Waals surface area contributed by atoms with Crippen molar-refractivity contribution in [1.29, 1.82) is 0 Å². The van der Waals surface area contributed by atoms with E-state index in [0.29, 0.717) is 11.4 Å². The lowest BCUT2D eigenvalue weighted by Crippen LogP contribution is -2.35. The van der Waals surface area contributed by atoms with E-state index >= 15 is 0 Å². The second-order valence-corrected chi connectivity index (χ2v) is 4.61. The van der Waals surface area contributed by atoms with Crippen molar-refractivity contribution in [1.82, 2.24) is 0 Å². The Balaban J connectivity index is 2.06. The molecule has 0 spiro atoms. The zero-order valence-electron chi connectivity index (χ0n) is 10.1. The molecule has 0 aliphatic heterocycles. The number of hydrogen-bond donors (Lipinski definition) is 2. The zero-order valence-corrected chi connectivity index (χ0v) is 10.1. The molecule has 0 amide bonds. The summed E-state index contributed by atoms with van der Waals surface area (Å²) in [4.78, 5) is 0. The van der Waals surface area contributed by atoms with Crippen LogP contribution >= 0.6 is 0 Å². The first-order chi connectivity index (χ1) is 8.19. The highest BCUT2D eigenvalue weighted by Gasteiger charge is 2.19. The van der Waals surface area contributed by atoms with Crippen LogP contribution in [0, 0.1) is 5.82 Å². The number of rotatable bonds is 3. The molecule has 1 aliphatic carbocycles. The quantitative estimate of drug-likeness (QED) is 0.850. The minimum absolute atomic E-state index is 0.231. The highest BCUT2D eigenvalue weighted by Crippen LogP contribution is 2.25. The molecule has 1 fully saturated rings. The summed E-state index contributed by atoms with van der Waals surface area (Å²) in [5.74, 6) is 0.416. The van der Waals surface area contributed by atoms with Crippen LogP contribution in [-0.2, 0) is 0 Å². The van der Waals surface area contributed by atoms with Crippen LogP contribution in [0.15, 0.2) is 18.2 Å². The van der Waals surface area contributed by atoms with Gasteiger partial charge in [0.25, 0.3) is 0 Å². The molecular formula is C13H19FN2O. The van der Waals surface area contributed by atoms with E-state index in [4.69, 9.17) is 10.5 Å². The van der Waals surface area contributed by atoms with Gasteiger partial charge in [-0.25, -0.2) is 4.39 Å². The van der Waals surface area contributed by atoms with E-state index in [1.807, 2.05) is 0 Å². The topological polar surface area (TPSA) is 47.3 Å². The van der Waals surface area contributed by atoms with Crippen LogP contribution in [0.2, 0.25) is 0 Å². The lowest BCUT2D eigenvalue weighted by Gasteiger charge is -2.28. The van der Waals surface area contributed by atoms with E-state index in [9.17, 15) is 4.39 Å². The minimum atomic E-state index is -0.245. The van der Waals surface area contributed by atoms with Crippen molar-refractivity contribution in [3.8, 4) is 5.75 Å². The summed E-state index contributed by atoms with van der Waals surface area (Å²) in [6.45, 7) is 0. The Labute approximate surface area is 101 Å². The number of benzene rings is 1.